The van der Waals surface area contributed by atoms with Crippen molar-refractivity contribution in [2.24, 2.45) is 46.3 Å². The van der Waals surface area contributed by atoms with Gasteiger partial charge in [-0.25, -0.2) is 0 Å². The molecule has 174 valence electrons. The van der Waals surface area contributed by atoms with Crippen LogP contribution in [-0.2, 0) is 0 Å². The predicted octanol–water partition coefficient (Wildman–Crippen LogP) is 5.55. The van der Waals surface area contributed by atoms with E-state index in [4.69, 9.17) is 0 Å². The Kier molecular flexibility index (Phi) is 6.17. The fraction of sp³-hybridized carbons (Fsp3) is 1.00. The minimum Gasteiger partial charge on any atom is -0.393 e. The molecular formula is C27H48O3. The summed E-state index contributed by atoms with van der Waals surface area (Å²) in [6.45, 7) is 12.0. The summed E-state index contributed by atoms with van der Waals surface area (Å²) in [4.78, 5) is 0. The Morgan fingerprint density at radius 1 is 0.900 bits per heavy atom. The Bertz CT molecular complexity index is 619. The summed E-state index contributed by atoms with van der Waals surface area (Å²) in [6.07, 6.45) is 10.7. The fourth-order valence-electron chi connectivity index (χ4n) is 9.29. The van der Waals surface area contributed by atoms with Gasteiger partial charge in [-0.2, -0.15) is 0 Å². The molecule has 4 aliphatic rings. The van der Waals surface area contributed by atoms with Crippen LogP contribution >= 0.6 is 0 Å². The summed E-state index contributed by atoms with van der Waals surface area (Å²) in [7, 11) is 0. The number of hydrogen-bond acceptors (Lipinski definition) is 3. The lowest BCUT2D eigenvalue weighted by Gasteiger charge is -2.65. The van der Waals surface area contributed by atoms with Crippen molar-refractivity contribution in [2.75, 3.05) is 0 Å². The maximum Gasteiger partial charge on any atom is 0.0985 e. The monoisotopic (exact) mass is 420 g/mol. The zero-order valence-electron chi connectivity index (χ0n) is 20.2. The van der Waals surface area contributed by atoms with E-state index in [1.54, 1.807) is 0 Å². The molecule has 0 aromatic carbocycles. The van der Waals surface area contributed by atoms with Crippen LogP contribution in [0.25, 0.3) is 0 Å². The third-order valence-corrected chi connectivity index (χ3v) is 11.0. The second-order valence-corrected chi connectivity index (χ2v) is 12.9. The van der Waals surface area contributed by atoms with Crippen molar-refractivity contribution in [1.82, 2.24) is 0 Å². The quantitative estimate of drug-likeness (QED) is 0.546. The van der Waals surface area contributed by atoms with Crippen LogP contribution in [-0.4, -0.2) is 33.1 Å². The van der Waals surface area contributed by atoms with E-state index in [0.29, 0.717) is 29.6 Å². The lowest BCUT2D eigenvalue weighted by Crippen LogP contribution is -2.68. The molecule has 3 nitrogen and oxygen atoms in total. The summed E-state index contributed by atoms with van der Waals surface area (Å²) in [5, 5.41) is 33.0. The van der Waals surface area contributed by atoms with Crippen molar-refractivity contribution < 1.29 is 15.3 Å². The van der Waals surface area contributed by atoms with E-state index in [1.807, 2.05) is 0 Å². The summed E-state index contributed by atoms with van der Waals surface area (Å²) in [5.41, 5.74) is -0.962. The highest BCUT2D eigenvalue weighted by atomic mass is 16.3. The molecule has 0 aromatic heterocycles. The molecule has 4 fully saturated rings. The van der Waals surface area contributed by atoms with Gasteiger partial charge in [-0.1, -0.05) is 53.9 Å². The molecular weight excluding hydrogens is 372 g/mol. The van der Waals surface area contributed by atoms with Crippen LogP contribution in [0.3, 0.4) is 0 Å². The van der Waals surface area contributed by atoms with Gasteiger partial charge in [0, 0.05) is 11.8 Å². The van der Waals surface area contributed by atoms with E-state index in [0.717, 1.165) is 37.0 Å². The number of fused-ring (bicyclic) bond motifs is 5. The summed E-state index contributed by atoms with van der Waals surface area (Å²) >= 11 is 0. The highest BCUT2D eigenvalue weighted by Crippen LogP contribution is 2.69. The highest BCUT2D eigenvalue weighted by Gasteiger charge is 2.67. The zero-order valence-corrected chi connectivity index (χ0v) is 20.2. The molecule has 0 radical (unpaired) electrons. The zero-order chi connectivity index (χ0) is 21.9. The highest BCUT2D eigenvalue weighted by molar-refractivity contribution is 5.17. The van der Waals surface area contributed by atoms with E-state index < -0.39 is 17.8 Å². The SMILES string of the molecule is CC(C)CCC[C@H](C)[C@@H]1CC[C@@H]2[C@@H]3C[C@H](O)[C@@]4(O)C[C@H](O)CC[C@]4(C)[C@@H]3CC[C@]21C. The molecule has 0 amide bonds. The molecule has 0 spiro atoms. The van der Waals surface area contributed by atoms with Gasteiger partial charge >= 0.3 is 0 Å². The maximum atomic E-state index is 11.6. The van der Waals surface area contributed by atoms with Gasteiger partial charge in [0.05, 0.1) is 17.8 Å². The standard InChI is InChI=1S/C27H48O3/c1-17(2)7-6-8-18(3)21-9-10-22-20-15-24(29)27(30)16-19(28)11-14-26(27,5)23(20)12-13-25(21,22)4/h17-24,28-30H,6-16H2,1-5H3/t18-,19+,20-,21-,22+,23+,24-,25-,26+,27-/m0/s1. The molecule has 3 N–H and O–H groups in total. The Hall–Kier alpha value is -0.120. The van der Waals surface area contributed by atoms with Gasteiger partial charge in [0.25, 0.3) is 0 Å². The molecule has 0 bridgehead atoms. The Morgan fingerprint density at radius 2 is 1.63 bits per heavy atom. The molecule has 10 atom stereocenters. The molecule has 0 aromatic rings. The molecule has 0 saturated heterocycles. The number of rotatable bonds is 5. The van der Waals surface area contributed by atoms with Crippen LogP contribution in [0.5, 0.6) is 0 Å². The lowest BCUT2D eigenvalue weighted by molar-refractivity contribution is -0.264. The summed E-state index contributed by atoms with van der Waals surface area (Å²) in [5.74, 6) is 4.13. The molecule has 0 heterocycles. The fourth-order valence-corrected chi connectivity index (χ4v) is 9.29. The first kappa shape index (κ1) is 23.1. The van der Waals surface area contributed by atoms with Gasteiger partial charge in [-0.15, -0.1) is 0 Å². The first-order valence-corrected chi connectivity index (χ1v) is 13.1. The van der Waals surface area contributed by atoms with Crippen LogP contribution < -0.4 is 0 Å². The van der Waals surface area contributed by atoms with Crippen LogP contribution in [0.1, 0.15) is 105 Å². The average Bonchev–Trinajstić information content (AvgIpc) is 3.01. The smallest absolute Gasteiger partial charge is 0.0985 e. The molecule has 0 unspecified atom stereocenters. The van der Waals surface area contributed by atoms with E-state index in [-0.39, 0.29) is 5.41 Å². The van der Waals surface area contributed by atoms with E-state index in [9.17, 15) is 15.3 Å². The van der Waals surface area contributed by atoms with Gasteiger partial charge in [-0.05, 0) is 85.9 Å². The lowest BCUT2D eigenvalue weighted by atomic mass is 9.42. The van der Waals surface area contributed by atoms with E-state index >= 15 is 0 Å². The first-order chi connectivity index (χ1) is 14.0. The molecule has 4 saturated carbocycles. The normalized spacial score (nSPS) is 51.9. The number of hydrogen-bond donors (Lipinski definition) is 3. The van der Waals surface area contributed by atoms with E-state index in [1.165, 1.54) is 44.9 Å². The van der Waals surface area contributed by atoms with Crippen molar-refractivity contribution in [2.45, 2.75) is 123 Å². The average molecular weight is 421 g/mol. The Balaban J connectivity index is 1.53. The second-order valence-electron chi connectivity index (χ2n) is 12.9. The maximum absolute atomic E-state index is 11.6. The molecule has 0 aliphatic heterocycles. The van der Waals surface area contributed by atoms with Gasteiger partial charge < -0.3 is 15.3 Å². The summed E-state index contributed by atoms with van der Waals surface area (Å²) in [6, 6.07) is 0. The topological polar surface area (TPSA) is 60.7 Å². The third kappa shape index (κ3) is 3.41. The van der Waals surface area contributed by atoms with Gasteiger partial charge in [0.2, 0.25) is 0 Å². The number of aliphatic hydroxyl groups is 3. The van der Waals surface area contributed by atoms with Crippen molar-refractivity contribution in [3.05, 3.63) is 0 Å². The van der Waals surface area contributed by atoms with Crippen LogP contribution in [0.4, 0.5) is 0 Å². The van der Waals surface area contributed by atoms with Crippen molar-refractivity contribution in [3.8, 4) is 0 Å². The minimum absolute atomic E-state index is 0.253. The molecule has 4 rings (SSSR count). The summed E-state index contributed by atoms with van der Waals surface area (Å²) < 4.78 is 0. The predicted molar refractivity (Wildman–Crippen MR) is 122 cm³/mol. The van der Waals surface area contributed by atoms with Crippen molar-refractivity contribution in [1.29, 1.82) is 0 Å². The van der Waals surface area contributed by atoms with Gasteiger partial charge in [0.15, 0.2) is 0 Å². The third-order valence-electron chi connectivity index (χ3n) is 11.0. The van der Waals surface area contributed by atoms with Crippen LogP contribution in [0, 0.1) is 46.3 Å². The van der Waals surface area contributed by atoms with Crippen molar-refractivity contribution >= 4 is 0 Å². The largest absolute Gasteiger partial charge is 0.393 e. The molecule has 30 heavy (non-hydrogen) atoms. The second kappa shape index (κ2) is 8.03. The van der Waals surface area contributed by atoms with Crippen LogP contribution in [0.15, 0.2) is 0 Å². The van der Waals surface area contributed by atoms with E-state index in [2.05, 4.69) is 34.6 Å². The Labute approximate surface area is 185 Å². The van der Waals surface area contributed by atoms with Crippen LogP contribution in [0.2, 0.25) is 0 Å². The first-order valence-electron chi connectivity index (χ1n) is 13.1. The molecule has 4 aliphatic carbocycles. The van der Waals surface area contributed by atoms with Crippen molar-refractivity contribution in [3.63, 3.8) is 0 Å². The Morgan fingerprint density at radius 3 is 2.33 bits per heavy atom. The van der Waals surface area contributed by atoms with Gasteiger partial charge in [-0.3, -0.25) is 0 Å². The molecule has 3 heteroatoms. The van der Waals surface area contributed by atoms with Gasteiger partial charge in [0.1, 0.15) is 0 Å². The minimum atomic E-state index is -1.11. The number of aliphatic hydroxyl groups excluding tert-OH is 2.